The summed E-state index contributed by atoms with van der Waals surface area (Å²) in [5.74, 6) is -0.0925. The molecule has 4 aromatic rings. The van der Waals surface area contributed by atoms with Crippen molar-refractivity contribution in [2.45, 2.75) is 12.8 Å². The molecule has 4 rings (SSSR count). The third-order valence-corrected chi connectivity index (χ3v) is 4.67. The number of aromatic amines is 1. The molecule has 0 atom stereocenters. The summed E-state index contributed by atoms with van der Waals surface area (Å²) in [4.78, 5) is 19.5. The van der Waals surface area contributed by atoms with E-state index in [1.165, 1.54) is 6.07 Å². The number of halogens is 1. The van der Waals surface area contributed by atoms with Gasteiger partial charge in [-0.3, -0.25) is 4.79 Å². The lowest BCUT2D eigenvalue weighted by Crippen LogP contribution is -2.25. The molecule has 0 bridgehead atoms. The summed E-state index contributed by atoms with van der Waals surface area (Å²) in [6.45, 7) is 0.560. The van der Waals surface area contributed by atoms with E-state index in [-0.39, 0.29) is 11.7 Å². The molecule has 1 aromatic heterocycles. The molecule has 0 aliphatic rings. The van der Waals surface area contributed by atoms with Crippen molar-refractivity contribution in [3.05, 3.63) is 90.0 Å². The summed E-state index contributed by atoms with van der Waals surface area (Å²) in [6.07, 6.45) is 1.64. The molecule has 0 aliphatic carbocycles. The fraction of sp³-hybridized carbons (Fsp3) is 0.130. The van der Waals surface area contributed by atoms with Crippen LogP contribution in [-0.2, 0) is 6.42 Å². The van der Waals surface area contributed by atoms with Crippen LogP contribution in [0.25, 0.3) is 22.2 Å². The normalized spacial score (nSPS) is 10.9. The molecular weight excluding hydrogens is 353 g/mol. The van der Waals surface area contributed by atoms with Gasteiger partial charge in [0.2, 0.25) is 0 Å². The Balaban J connectivity index is 1.29. The van der Waals surface area contributed by atoms with Gasteiger partial charge in [-0.2, -0.15) is 0 Å². The molecular formula is C23H20FN3O. The minimum Gasteiger partial charge on any atom is -0.349 e. The number of amides is 1. The highest BCUT2D eigenvalue weighted by Gasteiger charge is 2.10. The van der Waals surface area contributed by atoms with Crippen LogP contribution < -0.4 is 5.32 Å². The fourth-order valence-corrected chi connectivity index (χ4v) is 3.18. The second kappa shape index (κ2) is 8.05. The number of H-pyrrole nitrogens is 1. The molecule has 0 saturated carbocycles. The highest BCUT2D eigenvalue weighted by atomic mass is 19.1. The van der Waals surface area contributed by atoms with Gasteiger partial charge in [0.1, 0.15) is 5.82 Å². The molecule has 3 aromatic carbocycles. The first-order chi connectivity index (χ1) is 13.7. The zero-order valence-corrected chi connectivity index (χ0v) is 15.3. The van der Waals surface area contributed by atoms with Crippen molar-refractivity contribution in [2.24, 2.45) is 0 Å². The topological polar surface area (TPSA) is 57.8 Å². The highest BCUT2D eigenvalue weighted by Crippen LogP contribution is 2.23. The van der Waals surface area contributed by atoms with E-state index < -0.39 is 0 Å². The molecule has 4 nitrogen and oxygen atoms in total. The lowest BCUT2D eigenvalue weighted by molar-refractivity contribution is 0.0944. The number of benzene rings is 3. The Bertz CT molecular complexity index is 1070. The Hall–Kier alpha value is -3.47. The molecule has 0 spiro atoms. The number of para-hydroxylation sites is 2. The van der Waals surface area contributed by atoms with E-state index in [1.807, 2.05) is 54.6 Å². The number of carbonyl (C=O) groups excluding carboxylic acids is 1. The van der Waals surface area contributed by atoms with Gasteiger partial charge >= 0.3 is 0 Å². The predicted octanol–water partition coefficient (Wildman–Crippen LogP) is 4.73. The van der Waals surface area contributed by atoms with E-state index >= 15 is 0 Å². The molecule has 0 saturated heterocycles. The van der Waals surface area contributed by atoms with Crippen LogP contribution in [0.4, 0.5) is 4.39 Å². The van der Waals surface area contributed by atoms with E-state index in [2.05, 4.69) is 15.3 Å². The lowest BCUT2D eigenvalue weighted by atomic mass is 10.0. The van der Waals surface area contributed by atoms with Crippen molar-refractivity contribution in [3.8, 4) is 11.1 Å². The van der Waals surface area contributed by atoms with Gasteiger partial charge in [0.05, 0.1) is 11.0 Å². The van der Waals surface area contributed by atoms with Gasteiger partial charge in [0.15, 0.2) is 5.82 Å². The van der Waals surface area contributed by atoms with Crippen LogP contribution in [0.2, 0.25) is 0 Å². The van der Waals surface area contributed by atoms with Gasteiger partial charge in [0, 0.05) is 12.1 Å². The third kappa shape index (κ3) is 3.93. The average molecular weight is 373 g/mol. The van der Waals surface area contributed by atoms with E-state index in [9.17, 15) is 9.18 Å². The SMILES string of the molecule is O=C(NCCCc1ccc(-c2ccccc2F)cc1)c1nc2ccccc2[nH]1. The molecule has 0 unspecified atom stereocenters. The first-order valence-corrected chi connectivity index (χ1v) is 9.27. The summed E-state index contributed by atoms with van der Waals surface area (Å²) in [7, 11) is 0. The molecule has 1 heterocycles. The number of aromatic nitrogens is 2. The predicted molar refractivity (Wildman–Crippen MR) is 109 cm³/mol. The van der Waals surface area contributed by atoms with Crippen LogP contribution in [0, 0.1) is 5.82 Å². The number of aryl methyl sites for hydroxylation is 1. The minimum atomic E-state index is -0.219. The van der Waals surface area contributed by atoms with Crippen LogP contribution in [0.5, 0.6) is 0 Å². The maximum atomic E-state index is 13.9. The number of nitrogens with zero attached hydrogens (tertiary/aromatic N) is 1. The monoisotopic (exact) mass is 373 g/mol. The summed E-state index contributed by atoms with van der Waals surface area (Å²) in [5, 5.41) is 2.89. The van der Waals surface area contributed by atoms with Crippen LogP contribution in [0.15, 0.2) is 72.8 Å². The Morgan fingerprint density at radius 2 is 1.71 bits per heavy atom. The molecule has 0 aliphatic heterocycles. The standard InChI is InChI=1S/C23H20FN3O/c24-19-8-2-1-7-18(19)17-13-11-16(12-14-17)6-5-15-25-23(28)22-26-20-9-3-4-10-21(20)27-22/h1-4,7-14H,5-6,15H2,(H,25,28)(H,26,27). The van der Waals surface area contributed by atoms with E-state index in [4.69, 9.17) is 0 Å². The molecule has 28 heavy (non-hydrogen) atoms. The number of rotatable bonds is 6. The highest BCUT2D eigenvalue weighted by molar-refractivity contribution is 5.94. The summed E-state index contributed by atoms with van der Waals surface area (Å²) in [6, 6.07) is 22.2. The molecule has 0 radical (unpaired) electrons. The first kappa shape index (κ1) is 17.9. The van der Waals surface area contributed by atoms with Crippen molar-refractivity contribution < 1.29 is 9.18 Å². The largest absolute Gasteiger partial charge is 0.349 e. The van der Waals surface area contributed by atoms with E-state index in [0.717, 1.165) is 35.0 Å². The van der Waals surface area contributed by atoms with Gasteiger partial charge in [0.25, 0.3) is 5.91 Å². The zero-order chi connectivity index (χ0) is 19.3. The Morgan fingerprint density at radius 1 is 0.964 bits per heavy atom. The smallest absolute Gasteiger partial charge is 0.287 e. The Kier molecular flexibility index (Phi) is 5.15. The van der Waals surface area contributed by atoms with Crippen LogP contribution in [0.1, 0.15) is 22.6 Å². The number of nitrogens with one attached hydrogen (secondary N) is 2. The number of carbonyl (C=O) groups is 1. The van der Waals surface area contributed by atoms with Crippen molar-refractivity contribution in [2.75, 3.05) is 6.54 Å². The van der Waals surface area contributed by atoms with Gasteiger partial charge in [-0.15, -0.1) is 0 Å². The van der Waals surface area contributed by atoms with Crippen LogP contribution >= 0.6 is 0 Å². The molecule has 1 amide bonds. The quantitative estimate of drug-likeness (QED) is 0.480. The Morgan fingerprint density at radius 3 is 2.50 bits per heavy atom. The van der Waals surface area contributed by atoms with Crippen molar-refractivity contribution in [3.63, 3.8) is 0 Å². The van der Waals surface area contributed by atoms with Crippen LogP contribution in [-0.4, -0.2) is 22.4 Å². The Labute approximate surface area is 162 Å². The molecule has 5 heteroatoms. The maximum Gasteiger partial charge on any atom is 0.287 e. The first-order valence-electron chi connectivity index (χ1n) is 9.27. The number of hydrogen-bond donors (Lipinski definition) is 2. The number of imidazole rings is 1. The van der Waals surface area contributed by atoms with Crippen LogP contribution in [0.3, 0.4) is 0 Å². The maximum absolute atomic E-state index is 13.9. The summed E-state index contributed by atoms with van der Waals surface area (Å²) in [5.41, 5.74) is 4.25. The summed E-state index contributed by atoms with van der Waals surface area (Å²) >= 11 is 0. The van der Waals surface area contributed by atoms with Gasteiger partial charge in [-0.1, -0.05) is 54.6 Å². The molecule has 0 fully saturated rings. The number of hydrogen-bond acceptors (Lipinski definition) is 2. The van der Waals surface area contributed by atoms with Gasteiger partial charge in [-0.05, 0) is 42.2 Å². The average Bonchev–Trinajstić information content (AvgIpc) is 3.16. The lowest BCUT2D eigenvalue weighted by Gasteiger charge is -2.06. The second-order valence-electron chi connectivity index (χ2n) is 6.64. The van der Waals surface area contributed by atoms with Crippen molar-refractivity contribution in [1.29, 1.82) is 0 Å². The number of fused-ring (bicyclic) bond motifs is 1. The van der Waals surface area contributed by atoms with Crippen molar-refractivity contribution >= 4 is 16.9 Å². The van der Waals surface area contributed by atoms with E-state index in [0.29, 0.717) is 17.9 Å². The summed E-state index contributed by atoms with van der Waals surface area (Å²) < 4.78 is 13.9. The zero-order valence-electron chi connectivity index (χ0n) is 15.3. The molecule has 140 valence electrons. The van der Waals surface area contributed by atoms with Crippen molar-refractivity contribution in [1.82, 2.24) is 15.3 Å². The fourth-order valence-electron chi connectivity index (χ4n) is 3.18. The minimum absolute atomic E-state index is 0.203. The van der Waals surface area contributed by atoms with Gasteiger partial charge in [-0.25, -0.2) is 9.37 Å². The van der Waals surface area contributed by atoms with E-state index in [1.54, 1.807) is 12.1 Å². The van der Waals surface area contributed by atoms with Gasteiger partial charge < -0.3 is 10.3 Å². The second-order valence-corrected chi connectivity index (χ2v) is 6.64. The third-order valence-electron chi connectivity index (χ3n) is 4.67. The molecule has 2 N–H and O–H groups in total.